The smallest absolute Gasteiger partial charge is 0.358 e. The summed E-state index contributed by atoms with van der Waals surface area (Å²) in [5.74, 6) is -2.36. The Balaban J connectivity index is 1.78. The number of aromatic nitrogens is 2. The number of halogens is 2. The van der Waals surface area contributed by atoms with Crippen LogP contribution in [-0.2, 0) is 10.2 Å². The van der Waals surface area contributed by atoms with Gasteiger partial charge in [0.05, 0.1) is 18.2 Å². The molecule has 1 aromatic carbocycles. The number of nitrogens with zero attached hydrogens (tertiary/aromatic N) is 3. The fourth-order valence-corrected chi connectivity index (χ4v) is 3.68. The highest BCUT2D eigenvalue weighted by molar-refractivity contribution is 5.94. The molecular formula is C22H27F2N3O3. The van der Waals surface area contributed by atoms with Crippen LogP contribution in [0.2, 0.25) is 0 Å². The van der Waals surface area contributed by atoms with E-state index in [0.29, 0.717) is 25.9 Å². The van der Waals surface area contributed by atoms with Gasteiger partial charge in [0.15, 0.2) is 5.69 Å². The Morgan fingerprint density at radius 1 is 1.17 bits per heavy atom. The van der Waals surface area contributed by atoms with Crippen molar-refractivity contribution < 1.29 is 23.1 Å². The molecular weight excluding hydrogens is 392 g/mol. The first-order valence-corrected chi connectivity index (χ1v) is 10.1. The van der Waals surface area contributed by atoms with Crippen LogP contribution in [0.3, 0.4) is 0 Å². The lowest BCUT2D eigenvalue weighted by Gasteiger charge is -2.34. The lowest BCUT2D eigenvalue weighted by atomic mass is 9.91. The normalized spacial score (nSPS) is 15.3. The number of likely N-dealkylation sites (tertiary alicyclic amines) is 1. The number of hydrogen-bond donors (Lipinski definition) is 0. The van der Waals surface area contributed by atoms with Crippen LogP contribution in [0.1, 0.15) is 73.1 Å². The molecule has 1 fully saturated rings. The van der Waals surface area contributed by atoms with Crippen molar-refractivity contribution in [1.29, 1.82) is 0 Å². The van der Waals surface area contributed by atoms with Gasteiger partial charge in [-0.15, -0.1) is 0 Å². The van der Waals surface area contributed by atoms with E-state index in [4.69, 9.17) is 4.74 Å². The molecule has 0 spiro atoms. The first-order chi connectivity index (χ1) is 14.1. The van der Waals surface area contributed by atoms with Gasteiger partial charge in [-0.25, -0.2) is 13.6 Å². The molecule has 0 radical (unpaired) electrons. The molecule has 1 amide bonds. The molecule has 0 atom stereocenters. The Kier molecular flexibility index (Phi) is 6.24. The Labute approximate surface area is 174 Å². The van der Waals surface area contributed by atoms with Crippen LogP contribution in [0.4, 0.5) is 8.78 Å². The molecule has 1 aromatic heterocycles. The molecule has 0 unspecified atom stereocenters. The highest BCUT2D eigenvalue weighted by atomic mass is 19.1. The summed E-state index contributed by atoms with van der Waals surface area (Å²) in [5, 5.41) is 4.50. The van der Waals surface area contributed by atoms with E-state index in [0.717, 1.165) is 23.9 Å². The number of rotatable bonds is 4. The topological polar surface area (TPSA) is 64.4 Å². The minimum absolute atomic E-state index is 0.0104. The second-order valence-corrected chi connectivity index (χ2v) is 8.48. The second-order valence-electron chi connectivity index (χ2n) is 8.48. The van der Waals surface area contributed by atoms with E-state index >= 15 is 0 Å². The van der Waals surface area contributed by atoms with Crippen LogP contribution in [0.15, 0.2) is 24.3 Å². The summed E-state index contributed by atoms with van der Waals surface area (Å²) in [6, 6.07) is 4.64. The van der Waals surface area contributed by atoms with Gasteiger partial charge in [-0.05, 0) is 44.0 Å². The maximum Gasteiger partial charge on any atom is 0.358 e. The fourth-order valence-electron chi connectivity index (χ4n) is 3.68. The number of ether oxygens (including phenoxy) is 1. The van der Waals surface area contributed by atoms with Crippen molar-refractivity contribution in [1.82, 2.24) is 14.7 Å². The minimum atomic E-state index is -0.732. The van der Waals surface area contributed by atoms with E-state index in [1.54, 1.807) is 13.0 Å². The van der Waals surface area contributed by atoms with Gasteiger partial charge in [0, 0.05) is 24.2 Å². The average molecular weight is 419 g/mol. The standard InChI is InChI=1S/C22H27F2N3O3/c1-5-30-21(29)18-13-19(22(2,3)4)27(25-18)15-8-10-26(11-9-15)20(28)16-12-14(23)6-7-17(16)24/h6-7,12-13,15H,5,8-11H2,1-4H3. The predicted octanol–water partition coefficient (Wildman–Crippen LogP) is 4.11. The van der Waals surface area contributed by atoms with Gasteiger partial charge in [-0.2, -0.15) is 5.10 Å². The van der Waals surface area contributed by atoms with Gasteiger partial charge in [-0.3, -0.25) is 9.48 Å². The van der Waals surface area contributed by atoms with Crippen LogP contribution in [0.25, 0.3) is 0 Å². The first kappa shape index (κ1) is 21.9. The molecule has 1 aliphatic heterocycles. The maximum atomic E-state index is 14.0. The van der Waals surface area contributed by atoms with Gasteiger partial charge >= 0.3 is 5.97 Å². The molecule has 3 rings (SSSR count). The summed E-state index contributed by atoms with van der Waals surface area (Å²) in [6.45, 7) is 8.92. The minimum Gasteiger partial charge on any atom is -0.461 e. The zero-order chi connectivity index (χ0) is 22.1. The van der Waals surface area contributed by atoms with Crippen molar-refractivity contribution in [2.45, 2.75) is 52.0 Å². The molecule has 2 aromatic rings. The summed E-state index contributed by atoms with van der Waals surface area (Å²) < 4.78 is 34.4. The van der Waals surface area contributed by atoms with E-state index in [1.165, 1.54) is 4.90 Å². The molecule has 30 heavy (non-hydrogen) atoms. The van der Waals surface area contributed by atoms with Crippen LogP contribution in [0, 0.1) is 11.6 Å². The van der Waals surface area contributed by atoms with Crippen molar-refractivity contribution in [3.8, 4) is 0 Å². The lowest BCUT2D eigenvalue weighted by Crippen LogP contribution is -2.40. The third kappa shape index (κ3) is 4.52. The summed E-state index contributed by atoms with van der Waals surface area (Å²) >= 11 is 0. The summed E-state index contributed by atoms with van der Waals surface area (Å²) in [5.41, 5.74) is 0.677. The number of carbonyl (C=O) groups is 2. The number of amides is 1. The third-order valence-electron chi connectivity index (χ3n) is 5.25. The summed E-state index contributed by atoms with van der Waals surface area (Å²) in [4.78, 5) is 26.3. The quantitative estimate of drug-likeness (QED) is 0.700. The van der Waals surface area contributed by atoms with Gasteiger partial charge in [0.2, 0.25) is 0 Å². The predicted molar refractivity (Wildman–Crippen MR) is 107 cm³/mol. The van der Waals surface area contributed by atoms with Crippen molar-refractivity contribution >= 4 is 11.9 Å². The van der Waals surface area contributed by atoms with Gasteiger partial charge < -0.3 is 9.64 Å². The van der Waals surface area contributed by atoms with Crippen LogP contribution in [-0.4, -0.2) is 46.3 Å². The first-order valence-electron chi connectivity index (χ1n) is 10.1. The van der Waals surface area contributed by atoms with E-state index in [1.807, 2.05) is 25.5 Å². The largest absolute Gasteiger partial charge is 0.461 e. The van der Waals surface area contributed by atoms with Crippen LogP contribution in [0.5, 0.6) is 0 Å². The van der Waals surface area contributed by atoms with Crippen molar-refractivity contribution in [3.63, 3.8) is 0 Å². The molecule has 0 bridgehead atoms. The molecule has 1 saturated heterocycles. The number of benzene rings is 1. The van der Waals surface area contributed by atoms with Crippen LogP contribution >= 0.6 is 0 Å². The van der Waals surface area contributed by atoms with Gasteiger partial charge in [-0.1, -0.05) is 20.8 Å². The Morgan fingerprint density at radius 2 is 1.83 bits per heavy atom. The maximum absolute atomic E-state index is 14.0. The Hall–Kier alpha value is -2.77. The average Bonchev–Trinajstić information content (AvgIpc) is 3.16. The molecule has 0 N–H and O–H groups in total. The van der Waals surface area contributed by atoms with E-state index < -0.39 is 23.5 Å². The summed E-state index contributed by atoms with van der Waals surface area (Å²) in [7, 11) is 0. The molecule has 6 nitrogen and oxygen atoms in total. The number of hydrogen-bond acceptors (Lipinski definition) is 4. The highest BCUT2D eigenvalue weighted by Crippen LogP contribution is 2.31. The number of esters is 1. The Bertz CT molecular complexity index is 942. The van der Waals surface area contributed by atoms with E-state index in [2.05, 4.69) is 5.10 Å². The monoisotopic (exact) mass is 419 g/mol. The SMILES string of the molecule is CCOC(=O)c1cc(C(C)(C)C)n(C2CCN(C(=O)c3cc(F)ccc3F)CC2)n1. The van der Waals surface area contributed by atoms with Crippen molar-refractivity contribution in [2.75, 3.05) is 19.7 Å². The van der Waals surface area contributed by atoms with Crippen molar-refractivity contribution in [2.24, 2.45) is 0 Å². The molecule has 0 aliphatic carbocycles. The number of carbonyl (C=O) groups excluding carboxylic acids is 2. The summed E-state index contributed by atoms with van der Waals surface area (Å²) in [6.07, 6.45) is 1.19. The lowest BCUT2D eigenvalue weighted by molar-refractivity contribution is 0.0517. The highest BCUT2D eigenvalue weighted by Gasteiger charge is 2.31. The zero-order valence-corrected chi connectivity index (χ0v) is 17.7. The number of piperidine rings is 1. The molecule has 8 heteroatoms. The molecule has 1 aliphatic rings. The third-order valence-corrected chi connectivity index (χ3v) is 5.25. The van der Waals surface area contributed by atoms with Gasteiger partial charge in [0.25, 0.3) is 5.91 Å². The van der Waals surface area contributed by atoms with Gasteiger partial charge in [0.1, 0.15) is 11.6 Å². The molecule has 162 valence electrons. The van der Waals surface area contributed by atoms with Crippen LogP contribution < -0.4 is 0 Å². The van der Waals surface area contributed by atoms with Crippen molar-refractivity contribution in [3.05, 3.63) is 52.9 Å². The molecule has 0 saturated carbocycles. The molecule has 2 heterocycles. The fraction of sp³-hybridized carbons (Fsp3) is 0.500. The second kappa shape index (κ2) is 8.53. The van der Waals surface area contributed by atoms with E-state index in [-0.39, 0.29) is 29.3 Å². The Morgan fingerprint density at radius 3 is 2.43 bits per heavy atom. The zero-order valence-electron chi connectivity index (χ0n) is 17.7. The van der Waals surface area contributed by atoms with E-state index in [9.17, 15) is 18.4 Å².